The number of nitrogens with zero attached hydrogens (tertiary/aromatic N) is 2. The van der Waals surface area contributed by atoms with Gasteiger partial charge in [0.2, 0.25) is 0 Å². The van der Waals surface area contributed by atoms with Crippen LogP contribution in [-0.4, -0.2) is 55.1 Å². The minimum atomic E-state index is -0.205. The Hall–Kier alpha value is -1.88. The van der Waals surface area contributed by atoms with Gasteiger partial charge in [-0.05, 0) is 49.5 Å². The summed E-state index contributed by atoms with van der Waals surface area (Å²) in [5.41, 5.74) is 1.00. The molecule has 2 aliphatic heterocycles. The van der Waals surface area contributed by atoms with Crippen LogP contribution in [0.5, 0.6) is 0 Å². The maximum atomic E-state index is 13.7. The van der Waals surface area contributed by atoms with Gasteiger partial charge in [-0.25, -0.2) is 9.18 Å². The molecule has 0 bridgehead atoms. The molecule has 5 heteroatoms. The lowest BCUT2D eigenvalue weighted by Crippen LogP contribution is -2.40. The van der Waals surface area contributed by atoms with Gasteiger partial charge in [0.1, 0.15) is 5.82 Å². The fourth-order valence-corrected chi connectivity index (χ4v) is 4.08. The van der Waals surface area contributed by atoms with Crippen LogP contribution in [0.15, 0.2) is 36.9 Å². The lowest BCUT2D eigenvalue weighted by atomic mass is 9.88. The van der Waals surface area contributed by atoms with Crippen molar-refractivity contribution < 1.29 is 9.18 Å². The Morgan fingerprint density at radius 3 is 2.80 bits per heavy atom. The SMILES string of the molecule is C=CCNC(=O)N1CC(CN2CCCCC2)C(c2cccc(F)c2)C1. The normalized spacial score (nSPS) is 24.3. The Morgan fingerprint density at radius 2 is 2.08 bits per heavy atom. The molecule has 0 saturated carbocycles. The highest BCUT2D eigenvalue weighted by molar-refractivity contribution is 5.74. The van der Waals surface area contributed by atoms with E-state index < -0.39 is 0 Å². The van der Waals surface area contributed by atoms with Gasteiger partial charge in [-0.1, -0.05) is 24.6 Å². The van der Waals surface area contributed by atoms with E-state index in [0.717, 1.165) is 31.7 Å². The van der Waals surface area contributed by atoms with Crippen LogP contribution in [0.3, 0.4) is 0 Å². The molecule has 0 aromatic heterocycles. The molecule has 2 saturated heterocycles. The first-order valence-corrected chi connectivity index (χ1v) is 9.29. The van der Waals surface area contributed by atoms with Gasteiger partial charge in [0.25, 0.3) is 0 Å². The maximum absolute atomic E-state index is 13.7. The van der Waals surface area contributed by atoms with Crippen molar-refractivity contribution >= 4 is 6.03 Å². The van der Waals surface area contributed by atoms with Crippen LogP contribution >= 0.6 is 0 Å². The molecule has 2 aliphatic rings. The number of rotatable bonds is 5. The average Bonchev–Trinajstić information content (AvgIpc) is 3.04. The molecule has 0 radical (unpaired) electrons. The Morgan fingerprint density at radius 1 is 1.28 bits per heavy atom. The quantitative estimate of drug-likeness (QED) is 0.832. The lowest BCUT2D eigenvalue weighted by molar-refractivity contribution is 0.186. The number of halogens is 1. The summed E-state index contributed by atoms with van der Waals surface area (Å²) in [4.78, 5) is 16.7. The van der Waals surface area contributed by atoms with Crippen molar-refractivity contribution in [3.05, 3.63) is 48.3 Å². The van der Waals surface area contributed by atoms with Gasteiger partial charge in [0, 0.05) is 32.1 Å². The van der Waals surface area contributed by atoms with Crippen LogP contribution < -0.4 is 5.32 Å². The summed E-state index contributed by atoms with van der Waals surface area (Å²) in [6.07, 6.45) is 5.50. The first-order valence-electron chi connectivity index (χ1n) is 9.29. The summed E-state index contributed by atoms with van der Waals surface area (Å²) in [6.45, 7) is 8.72. The van der Waals surface area contributed by atoms with Crippen molar-refractivity contribution in [2.45, 2.75) is 25.2 Å². The molecule has 2 heterocycles. The zero-order valence-electron chi connectivity index (χ0n) is 14.8. The van der Waals surface area contributed by atoms with E-state index in [1.807, 2.05) is 11.0 Å². The molecule has 2 atom stereocenters. The number of likely N-dealkylation sites (tertiary alicyclic amines) is 2. The number of piperidine rings is 1. The Labute approximate surface area is 149 Å². The summed E-state index contributed by atoms with van der Waals surface area (Å²) >= 11 is 0. The van der Waals surface area contributed by atoms with Crippen LogP contribution in [0.25, 0.3) is 0 Å². The molecule has 2 unspecified atom stereocenters. The van der Waals surface area contributed by atoms with E-state index >= 15 is 0 Å². The number of hydrogen-bond donors (Lipinski definition) is 1. The van der Waals surface area contributed by atoms with Crippen LogP contribution in [0.1, 0.15) is 30.7 Å². The molecule has 3 rings (SSSR count). The first kappa shape index (κ1) is 17.9. The van der Waals surface area contributed by atoms with Crippen LogP contribution in [0.2, 0.25) is 0 Å². The maximum Gasteiger partial charge on any atom is 0.317 e. The highest BCUT2D eigenvalue weighted by Crippen LogP contribution is 2.34. The summed E-state index contributed by atoms with van der Waals surface area (Å²) in [5.74, 6) is 0.324. The Bertz CT molecular complexity index is 600. The summed E-state index contributed by atoms with van der Waals surface area (Å²) in [5, 5.41) is 2.86. The smallest absolute Gasteiger partial charge is 0.317 e. The largest absolute Gasteiger partial charge is 0.335 e. The molecule has 1 aromatic carbocycles. The summed E-state index contributed by atoms with van der Waals surface area (Å²) in [6, 6.07) is 6.80. The fourth-order valence-electron chi connectivity index (χ4n) is 4.08. The third-order valence-corrected chi connectivity index (χ3v) is 5.34. The topological polar surface area (TPSA) is 35.6 Å². The van der Waals surface area contributed by atoms with E-state index in [4.69, 9.17) is 0 Å². The van der Waals surface area contributed by atoms with Crippen LogP contribution in [0.4, 0.5) is 9.18 Å². The molecule has 25 heavy (non-hydrogen) atoms. The molecule has 2 fully saturated rings. The second-order valence-corrected chi connectivity index (χ2v) is 7.16. The second-order valence-electron chi connectivity index (χ2n) is 7.16. The van der Waals surface area contributed by atoms with Crippen molar-refractivity contribution in [3.8, 4) is 0 Å². The van der Waals surface area contributed by atoms with E-state index in [9.17, 15) is 9.18 Å². The number of urea groups is 1. The zero-order valence-corrected chi connectivity index (χ0v) is 14.8. The van der Waals surface area contributed by atoms with E-state index in [1.165, 1.54) is 25.3 Å². The second kappa shape index (κ2) is 8.48. The Balaban J connectivity index is 1.73. The van der Waals surface area contributed by atoms with Gasteiger partial charge < -0.3 is 15.1 Å². The Kier molecular flexibility index (Phi) is 6.08. The number of carbonyl (C=O) groups is 1. The van der Waals surface area contributed by atoms with E-state index in [0.29, 0.717) is 19.0 Å². The van der Waals surface area contributed by atoms with Crippen molar-refractivity contribution in [3.63, 3.8) is 0 Å². The van der Waals surface area contributed by atoms with Crippen LogP contribution in [-0.2, 0) is 0 Å². The van der Waals surface area contributed by atoms with Gasteiger partial charge >= 0.3 is 6.03 Å². The molecule has 136 valence electrons. The van der Waals surface area contributed by atoms with Gasteiger partial charge in [0.05, 0.1) is 0 Å². The summed E-state index contributed by atoms with van der Waals surface area (Å²) in [7, 11) is 0. The predicted molar refractivity (Wildman–Crippen MR) is 98.1 cm³/mol. The van der Waals surface area contributed by atoms with Crippen LogP contribution in [0, 0.1) is 11.7 Å². The molecule has 1 N–H and O–H groups in total. The molecule has 0 spiro atoms. The van der Waals surface area contributed by atoms with Gasteiger partial charge in [-0.2, -0.15) is 0 Å². The third kappa shape index (κ3) is 4.60. The minimum absolute atomic E-state index is 0.0533. The van der Waals surface area contributed by atoms with E-state index in [1.54, 1.807) is 18.2 Å². The highest BCUT2D eigenvalue weighted by Gasteiger charge is 2.37. The van der Waals surface area contributed by atoms with Crippen molar-refractivity contribution in [2.75, 3.05) is 39.3 Å². The molecular formula is C20H28FN3O. The van der Waals surface area contributed by atoms with Gasteiger partial charge in [0.15, 0.2) is 0 Å². The predicted octanol–water partition coefficient (Wildman–Crippen LogP) is 3.22. The van der Waals surface area contributed by atoms with E-state index in [2.05, 4.69) is 16.8 Å². The van der Waals surface area contributed by atoms with Gasteiger partial charge in [-0.15, -0.1) is 6.58 Å². The highest BCUT2D eigenvalue weighted by atomic mass is 19.1. The van der Waals surface area contributed by atoms with Crippen molar-refractivity contribution in [1.82, 2.24) is 15.1 Å². The first-order chi connectivity index (χ1) is 12.2. The monoisotopic (exact) mass is 345 g/mol. The zero-order chi connectivity index (χ0) is 17.6. The standard InChI is InChI=1S/C20H28FN3O/c1-2-9-22-20(25)24-14-17(13-23-10-4-3-5-11-23)19(15-24)16-7-6-8-18(21)12-16/h2,6-8,12,17,19H,1,3-5,9-11,13-15H2,(H,22,25). The number of benzene rings is 1. The van der Waals surface area contributed by atoms with Crippen molar-refractivity contribution in [2.24, 2.45) is 5.92 Å². The molecular weight excluding hydrogens is 317 g/mol. The molecule has 2 amide bonds. The number of hydrogen-bond acceptors (Lipinski definition) is 2. The fraction of sp³-hybridized carbons (Fsp3) is 0.550. The molecule has 1 aromatic rings. The summed E-state index contributed by atoms with van der Waals surface area (Å²) < 4.78 is 13.7. The molecule has 0 aliphatic carbocycles. The number of carbonyl (C=O) groups excluding carboxylic acids is 1. The number of amides is 2. The lowest BCUT2D eigenvalue weighted by Gasteiger charge is -2.31. The molecule has 4 nitrogen and oxygen atoms in total. The number of nitrogens with one attached hydrogen (secondary N) is 1. The van der Waals surface area contributed by atoms with E-state index in [-0.39, 0.29) is 17.8 Å². The average molecular weight is 345 g/mol. The van der Waals surface area contributed by atoms with Crippen molar-refractivity contribution in [1.29, 1.82) is 0 Å². The minimum Gasteiger partial charge on any atom is -0.335 e. The van der Waals surface area contributed by atoms with Gasteiger partial charge in [-0.3, -0.25) is 0 Å². The third-order valence-electron chi connectivity index (χ3n) is 5.34.